The Morgan fingerprint density at radius 1 is 1.03 bits per heavy atom. The first-order chi connectivity index (χ1) is 15.6. The van der Waals surface area contributed by atoms with E-state index in [-0.39, 0.29) is 17.5 Å². The summed E-state index contributed by atoms with van der Waals surface area (Å²) in [6.45, 7) is 5.05. The predicted octanol–water partition coefficient (Wildman–Crippen LogP) is 3.00. The SMILES string of the molecule is Cc1nc(Nc2ccc(C(=O)N3CCNCC3)cc2)nc2c1ccc(=O)n2C1CCCC1. The minimum absolute atomic E-state index is 0.00997. The molecule has 3 heterocycles. The number of pyridine rings is 1. The number of nitrogens with one attached hydrogen (secondary N) is 2. The first-order valence-electron chi connectivity index (χ1n) is 11.4. The highest BCUT2D eigenvalue weighted by Gasteiger charge is 2.22. The molecule has 8 nitrogen and oxygen atoms in total. The van der Waals surface area contributed by atoms with Crippen LogP contribution < -0.4 is 16.2 Å². The standard InChI is InChI=1S/C24H28N6O2/c1-16-20-10-11-21(31)30(19-4-2-3-5-19)22(20)28-24(26-16)27-18-8-6-17(7-9-18)23(32)29-14-12-25-13-15-29/h6-11,19,25H,2-5,12-15H2,1H3,(H,26,27,28). The molecule has 0 radical (unpaired) electrons. The van der Waals surface area contributed by atoms with Crippen molar-refractivity contribution < 1.29 is 4.79 Å². The van der Waals surface area contributed by atoms with Crippen LogP contribution in [0.5, 0.6) is 0 Å². The molecule has 1 saturated carbocycles. The van der Waals surface area contributed by atoms with Gasteiger partial charge in [0, 0.05) is 54.9 Å². The molecule has 0 unspecified atom stereocenters. The summed E-state index contributed by atoms with van der Waals surface area (Å²) in [7, 11) is 0. The van der Waals surface area contributed by atoms with Crippen molar-refractivity contribution in [3.8, 4) is 0 Å². The van der Waals surface area contributed by atoms with Crippen LogP contribution in [0.4, 0.5) is 11.6 Å². The molecule has 5 rings (SSSR count). The van der Waals surface area contributed by atoms with Gasteiger partial charge in [0.25, 0.3) is 11.5 Å². The van der Waals surface area contributed by atoms with Crippen LogP contribution >= 0.6 is 0 Å². The van der Waals surface area contributed by atoms with Crippen LogP contribution in [0.25, 0.3) is 11.0 Å². The van der Waals surface area contributed by atoms with Crippen LogP contribution in [0.1, 0.15) is 47.8 Å². The number of carbonyl (C=O) groups is 1. The lowest BCUT2D eigenvalue weighted by atomic mass is 10.1. The number of nitrogens with zero attached hydrogens (tertiary/aromatic N) is 4. The van der Waals surface area contributed by atoms with Crippen molar-refractivity contribution in [2.45, 2.75) is 38.6 Å². The number of aromatic nitrogens is 3. The third-order valence-corrected chi connectivity index (χ3v) is 6.46. The topological polar surface area (TPSA) is 92.2 Å². The Bertz CT molecular complexity index is 1190. The molecule has 1 saturated heterocycles. The fraction of sp³-hybridized carbons (Fsp3) is 0.417. The van der Waals surface area contributed by atoms with Gasteiger partial charge in [0.15, 0.2) is 0 Å². The van der Waals surface area contributed by atoms with Crippen molar-refractivity contribution in [2.75, 3.05) is 31.5 Å². The Morgan fingerprint density at radius 3 is 2.47 bits per heavy atom. The molecule has 2 aromatic heterocycles. The quantitative estimate of drug-likeness (QED) is 0.659. The zero-order chi connectivity index (χ0) is 22.1. The van der Waals surface area contributed by atoms with Crippen molar-refractivity contribution in [3.63, 3.8) is 0 Å². The van der Waals surface area contributed by atoms with Gasteiger partial charge in [0.2, 0.25) is 5.95 Å². The summed E-state index contributed by atoms with van der Waals surface area (Å²) in [5.74, 6) is 0.505. The second-order valence-electron chi connectivity index (χ2n) is 8.59. The lowest BCUT2D eigenvalue weighted by Crippen LogP contribution is -2.46. The maximum Gasteiger partial charge on any atom is 0.253 e. The predicted molar refractivity (Wildman–Crippen MR) is 125 cm³/mol. The van der Waals surface area contributed by atoms with Crippen LogP contribution in [0.15, 0.2) is 41.2 Å². The third-order valence-electron chi connectivity index (χ3n) is 6.46. The highest BCUT2D eigenvalue weighted by atomic mass is 16.2. The van der Waals surface area contributed by atoms with Crippen molar-refractivity contribution in [2.24, 2.45) is 0 Å². The third kappa shape index (κ3) is 3.98. The summed E-state index contributed by atoms with van der Waals surface area (Å²) in [4.78, 5) is 36.6. The molecular weight excluding hydrogens is 404 g/mol. The maximum absolute atomic E-state index is 12.7. The van der Waals surface area contributed by atoms with E-state index >= 15 is 0 Å². The number of anilines is 2. The molecule has 0 bridgehead atoms. The number of aryl methyl sites for hydroxylation is 1. The van der Waals surface area contributed by atoms with E-state index in [9.17, 15) is 9.59 Å². The van der Waals surface area contributed by atoms with Crippen LogP contribution in [0, 0.1) is 6.92 Å². The molecule has 166 valence electrons. The Kier molecular flexibility index (Phi) is 5.61. The number of benzene rings is 1. The smallest absolute Gasteiger partial charge is 0.253 e. The molecule has 2 aliphatic rings. The Morgan fingerprint density at radius 2 is 1.75 bits per heavy atom. The van der Waals surface area contributed by atoms with Crippen LogP contribution in [-0.2, 0) is 0 Å². The minimum Gasteiger partial charge on any atom is -0.336 e. The zero-order valence-corrected chi connectivity index (χ0v) is 18.3. The van der Waals surface area contributed by atoms with Crippen molar-refractivity contribution in [1.82, 2.24) is 24.8 Å². The highest BCUT2D eigenvalue weighted by Crippen LogP contribution is 2.31. The molecule has 32 heavy (non-hydrogen) atoms. The van der Waals surface area contributed by atoms with Gasteiger partial charge >= 0.3 is 0 Å². The molecule has 2 fully saturated rings. The van der Waals surface area contributed by atoms with Gasteiger partial charge in [-0.2, -0.15) is 4.98 Å². The number of carbonyl (C=O) groups excluding carboxylic acids is 1. The first kappa shape index (κ1) is 20.6. The van der Waals surface area contributed by atoms with Gasteiger partial charge in [0.1, 0.15) is 5.65 Å². The van der Waals surface area contributed by atoms with Crippen LogP contribution in [0.2, 0.25) is 0 Å². The van der Waals surface area contributed by atoms with Gasteiger partial charge in [-0.25, -0.2) is 4.98 Å². The summed E-state index contributed by atoms with van der Waals surface area (Å²) >= 11 is 0. The summed E-state index contributed by atoms with van der Waals surface area (Å²) in [6, 6.07) is 11.0. The van der Waals surface area contributed by atoms with E-state index in [0.29, 0.717) is 17.2 Å². The van der Waals surface area contributed by atoms with E-state index < -0.39 is 0 Å². The lowest BCUT2D eigenvalue weighted by Gasteiger charge is -2.27. The number of piperazine rings is 1. The largest absolute Gasteiger partial charge is 0.336 e. The van der Waals surface area contributed by atoms with Gasteiger partial charge in [-0.3, -0.25) is 14.2 Å². The fourth-order valence-electron chi connectivity index (χ4n) is 4.73. The zero-order valence-electron chi connectivity index (χ0n) is 18.3. The summed E-state index contributed by atoms with van der Waals surface area (Å²) in [5.41, 5.74) is 2.97. The summed E-state index contributed by atoms with van der Waals surface area (Å²) in [5, 5.41) is 7.41. The number of rotatable bonds is 4. The normalized spacial score (nSPS) is 17.1. The van der Waals surface area contributed by atoms with Crippen molar-refractivity contribution >= 4 is 28.6 Å². The Labute approximate surface area is 186 Å². The Hall–Kier alpha value is -3.26. The minimum atomic E-state index is -0.00997. The molecule has 1 amide bonds. The maximum atomic E-state index is 12.7. The van der Waals surface area contributed by atoms with Gasteiger partial charge in [-0.1, -0.05) is 12.8 Å². The van der Waals surface area contributed by atoms with Gasteiger partial charge in [0.05, 0.1) is 5.69 Å². The van der Waals surface area contributed by atoms with E-state index in [1.807, 2.05) is 46.7 Å². The number of amides is 1. The number of hydrogen-bond acceptors (Lipinski definition) is 6. The summed E-state index contributed by atoms with van der Waals surface area (Å²) < 4.78 is 1.84. The average Bonchev–Trinajstić information content (AvgIpc) is 3.34. The average molecular weight is 433 g/mol. The first-order valence-corrected chi connectivity index (χ1v) is 11.4. The molecule has 1 aromatic carbocycles. The molecule has 0 spiro atoms. The van der Waals surface area contributed by atoms with E-state index in [1.54, 1.807) is 6.07 Å². The van der Waals surface area contributed by atoms with E-state index in [0.717, 1.165) is 68.6 Å². The van der Waals surface area contributed by atoms with Gasteiger partial charge < -0.3 is 15.5 Å². The van der Waals surface area contributed by atoms with Crippen LogP contribution in [0.3, 0.4) is 0 Å². The van der Waals surface area contributed by atoms with E-state index in [1.165, 1.54) is 0 Å². The van der Waals surface area contributed by atoms with E-state index in [2.05, 4.69) is 15.6 Å². The molecule has 3 aromatic rings. The van der Waals surface area contributed by atoms with E-state index in [4.69, 9.17) is 4.98 Å². The Balaban J connectivity index is 1.42. The van der Waals surface area contributed by atoms with Crippen molar-refractivity contribution in [3.05, 3.63) is 58.0 Å². The monoisotopic (exact) mass is 432 g/mol. The molecule has 0 atom stereocenters. The fourth-order valence-corrected chi connectivity index (χ4v) is 4.73. The van der Waals surface area contributed by atoms with Crippen LogP contribution in [-0.4, -0.2) is 51.5 Å². The molecular formula is C24H28N6O2. The molecule has 1 aliphatic carbocycles. The van der Waals surface area contributed by atoms with Gasteiger partial charge in [-0.15, -0.1) is 0 Å². The second kappa shape index (κ2) is 8.70. The molecule has 1 aliphatic heterocycles. The number of fused-ring (bicyclic) bond motifs is 1. The molecule has 2 N–H and O–H groups in total. The number of hydrogen-bond donors (Lipinski definition) is 2. The molecule has 8 heteroatoms. The lowest BCUT2D eigenvalue weighted by molar-refractivity contribution is 0.0736. The highest BCUT2D eigenvalue weighted by molar-refractivity contribution is 5.94. The second-order valence-corrected chi connectivity index (χ2v) is 8.59. The summed E-state index contributed by atoms with van der Waals surface area (Å²) in [6.07, 6.45) is 4.30. The van der Waals surface area contributed by atoms with Crippen molar-refractivity contribution in [1.29, 1.82) is 0 Å². The van der Waals surface area contributed by atoms with Gasteiger partial charge in [-0.05, 0) is 50.1 Å².